The van der Waals surface area contributed by atoms with Crippen molar-refractivity contribution in [2.24, 2.45) is 0 Å². The first kappa shape index (κ1) is 49.3. The summed E-state index contributed by atoms with van der Waals surface area (Å²) in [6.07, 6.45) is 3.99. The number of sulfone groups is 1. The second-order valence-electron chi connectivity index (χ2n) is 17.1. The summed E-state index contributed by atoms with van der Waals surface area (Å²) in [5.74, 6) is -0.511. The molecule has 2 aliphatic rings. The van der Waals surface area contributed by atoms with Gasteiger partial charge in [-0.05, 0) is 133 Å². The van der Waals surface area contributed by atoms with Gasteiger partial charge in [0.2, 0.25) is 30.1 Å². The number of anilines is 5. The lowest BCUT2D eigenvalue weighted by Gasteiger charge is -2.33. The van der Waals surface area contributed by atoms with Crippen molar-refractivity contribution in [1.82, 2.24) is 30.4 Å². The van der Waals surface area contributed by atoms with Crippen LogP contribution in [0.4, 0.5) is 28.8 Å². The second-order valence-corrected chi connectivity index (χ2v) is 19.9. The van der Waals surface area contributed by atoms with Crippen LogP contribution in [0.5, 0.6) is 5.75 Å². The number of hydrogen-bond donors (Lipinski definition) is 5. The number of piperidine rings is 2. The van der Waals surface area contributed by atoms with Gasteiger partial charge >= 0.3 is 0 Å². The van der Waals surface area contributed by atoms with Crippen molar-refractivity contribution in [3.05, 3.63) is 88.1 Å². The first-order valence-corrected chi connectivity index (χ1v) is 24.0. The average Bonchev–Trinajstić information content (AvgIpc) is 3.26. The summed E-state index contributed by atoms with van der Waals surface area (Å²) in [6, 6.07) is 14.9. The summed E-state index contributed by atoms with van der Waals surface area (Å²) in [4.78, 5) is 74.8. The number of carbonyl (C=O) groups is 5. The molecule has 2 saturated heterocycles. The Morgan fingerprint density at radius 1 is 0.955 bits per heavy atom. The third-order valence-electron chi connectivity index (χ3n) is 11.6. The predicted molar refractivity (Wildman–Crippen MR) is 253 cm³/mol. The van der Waals surface area contributed by atoms with Gasteiger partial charge in [-0.25, -0.2) is 13.4 Å². The van der Waals surface area contributed by atoms with Crippen molar-refractivity contribution in [2.45, 2.75) is 102 Å². The lowest BCUT2D eigenvalue weighted by atomic mass is 9.86. The molecule has 19 heteroatoms. The van der Waals surface area contributed by atoms with Crippen molar-refractivity contribution >= 4 is 80.3 Å². The van der Waals surface area contributed by atoms with Crippen LogP contribution in [0.1, 0.15) is 92.8 Å². The van der Waals surface area contributed by atoms with Gasteiger partial charge in [-0.1, -0.05) is 35.9 Å². The largest absolute Gasteiger partial charge is 0.489 e. The van der Waals surface area contributed by atoms with E-state index >= 15 is 0 Å². The molecule has 0 saturated carbocycles. The smallest absolute Gasteiger partial charge is 0.263 e. The highest BCUT2D eigenvalue weighted by molar-refractivity contribution is 7.92. The Morgan fingerprint density at radius 3 is 2.38 bits per heavy atom. The molecule has 352 valence electrons. The SMILES string of the molecule is Cc1cc(Nc2ncc(Cl)c(Nc3ccccc3S(=O)(=O)C(C)C)n2)c(OC(C)C)cc1C1CCN(CC(=O)NCCCNc2cccc(C)c2C(=O)N(C=O)C2CCC(=O)NC2=O)CC1. The molecule has 0 radical (unpaired) electrons. The third-order valence-corrected chi connectivity index (χ3v) is 14.0. The van der Waals surface area contributed by atoms with Crippen LogP contribution in [0.25, 0.3) is 0 Å². The normalized spacial score (nSPS) is 15.9. The molecule has 0 bridgehead atoms. The monoisotopic (exact) mass is 943 g/mol. The van der Waals surface area contributed by atoms with Crippen LogP contribution < -0.4 is 31.3 Å². The number of benzene rings is 3. The summed E-state index contributed by atoms with van der Waals surface area (Å²) in [6.45, 7) is 13.5. The molecule has 2 aliphatic heterocycles. The molecular weight excluding hydrogens is 886 g/mol. The Labute approximate surface area is 390 Å². The van der Waals surface area contributed by atoms with Crippen LogP contribution in [-0.4, -0.2) is 108 Å². The van der Waals surface area contributed by atoms with Gasteiger partial charge in [0.05, 0.1) is 45.9 Å². The van der Waals surface area contributed by atoms with E-state index in [1.807, 2.05) is 19.9 Å². The number of aromatic nitrogens is 2. The van der Waals surface area contributed by atoms with E-state index in [9.17, 15) is 32.4 Å². The van der Waals surface area contributed by atoms with Crippen molar-refractivity contribution < 1.29 is 37.1 Å². The quantitative estimate of drug-likeness (QED) is 0.0390. The zero-order chi connectivity index (χ0) is 47.7. The lowest BCUT2D eigenvalue weighted by molar-refractivity contribution is -0.139. The summed E-state index contributed by atoms with van der Waals surface area (Å²) in [7, 11) is -3.60. The maximum atomic E-state index is 13.6. The number of rotatable bonds is 19. The van der Waals surface area contributed by atoms with E-state index in [-0.39, 0.29) is 64.6 Å². The van der Waals surface area contributed by atoms with Crippen molar-refractivity contribution in [3.8, 4) is 5.75 Å². The number of amides is 5. The van der Waals surface area contributed by atoms with E-state index in [1.165, 1.54) is 6.20 Å². The summed E-state index contributed by atoms with van der Waals surface area (Å²) in [5.41, 5.74) is 4.59. The topological polar surface area (TPSA) is 221 Å². The molecule has 3 heterocycles. The first-order chi connectivity index (χ1) is 31.5. The second kappa shape index (κ2) is 21.9. The van der Waals surface area contributed by atoms with E-state index < -0.39 is 38.9 Å². The highest BCUT2D eigenvalue weighted by Crippen LogP contribution is 2.39. The number of carbonyl (C=O) groups excluding carboxylic acids is 5. The third kappa shape index (κ3) is 12.0. The number of hydrogen-bond acceptors (Lipinski definition) is 14. The van der Waals surface area contributed by atoms with E-state index in [0.717, 1.165) is 42.0 Å². The van der Waals surface area contributed by atoms with Gasteiger partial charge in [0.15, 0.2) is 15.7 Å². The zero-order valence-corrected chi connectivity index (χ0v) is 39.6. The Bertz CT molecular complexity index is 2570. The van der Waals surface area contributed by atoms with Gasteiger partial charge in [0.1, 0.15) is 16.8 Å². The molecule has 17 nitrogen and oxygen atoms in total. The summed E-state index contributed by atoms with van der Waals surface area (Å²) in [5, 5.41) is 14.4. The maximum absolute atomic E-state index is 13.6. The molecule has 0 aliphatic carbocycles. The molecule has 1 aromatic heterocycles. The number of likely N-dealkylation sites (tertiary alicyclic amines) is 1. The molecule has 6 rings (SSSR count). The molecule has 5 amide bonds. The average molecular weight is 945 g/mol. The zero-order valence-electron chi connectivity index (χ0n) is 38.1. The predicted octanol–water partition coefficient (Wildman–Crippen LogP) is 6.40. The maximum Gasteiger partial charge on any atom is 0.263 e. The number of nitrogens with one attached hydrogen (secondary N) is 5. The number of imide groups is 2. The van der Waals surface area contributed by atoms with Crippen LogP contribution in [0.3, 0.4) is 0 Å². The molecular formula is C47H58ClN9O8S. The Balaban J connectivity index is 1.01. The Kier molecular flexibility index (Phi) is 16.4. The van der Waals surface area contributed by atoms with Crippen molar-refractivity contribution in [1.29, 1.82) is 0 Å². The van der Waals surface area contributed by atoms with Gasteiger partial charge in [-0.15, -0.1) is 0 Å². The molecule has 1 unspecified atom stereocenters. The fourth-order valence-corrected chi connectivity index (χ4v) is 9.41. The molecule has 0 spiro atoms. The Hall–Kier alpha value is -6.11. The molecule has 2 fully saturated rings. The van der Waals surface area contributed by atoms with Crippen molar-refractivity contribution in [2.75, 3.05) is 48.7 Å². The highest BCUT2D eigenvalue weighted by atomic mass is 35.5. The molecule has 3 aromatic carbocycles. The fourth-order valence-electron chi connectivity index (χ4n) is 8.07. The van der Waals surface area contributed by atoms with E-state index in [2.05, 4.69) is 54.4 Å². The molecule has 4 aromatic rings. The number of aryl methyl sites for hydroxylation is 2. The number of halogens is 1. The van der Waals surface area contributed by atoms with E-state index in [4.69, 9.17) is 16.3 Å². The van der Waals surface area contributed by atoms with Gasteiger partial charge in [-0.3, -0.25) is 39.1 Å². The van der Waals surface area contributed by atoms with Crippen molar-refractivity contribution in [3.63, 3.8) is 0 Å². The van der Waals surface area contributed by atoms with Gasteiger partial charge < -0.3 is 26.0 Å². The summed E-state index contributed by atoms with van der Waals surface area (Å²) >= 11 is 6.50. The van der Waals surface area contributed by atoms with Gasteiger partial charge in [0, 0.05) is 25.2 Å². The Morgan fingerprint density at radius 2 is 1.68 bits per heavy atom. The molecule has 66 heavy (non-hydrogen) atoms. The van der Waals surface area contributed by atoms with Crippen LogP contribution in [0, 0.1) is 13.8 Å². The van der Waals surface area contributed by atoms with Crippen LogP contribution in [-0.2, 0) is 29.0 Å². The first-order valence-electron chi connectivity index (χ1n) is 22.1. The fraction of sp³-hybridized carbons (Fsp3) is 0.426. The van der Waals surface area contributed by atoms with Crippen LogP contribution in [0.15, 0.2) is 65.7 Å². The van der Waals surface area contributed by atoms with E-state index in [1.54, 1.807) is 63.2 Å². The van der Waals surface area contributed by atoms with Gasteiger partial charge in [0.25, 0.3) is 5.91 Å². The highest BCUT2D eigenvalue weighted by Gasteiger charge is 2.36. The molecule has 5 N–H and O–H groups in total. The lowest BCUT2D eigenvalue weighted by Crippen LogP contribution is -2.54. The van der Waals surface area contributed by atoms with Crippen LogP contribution in [0.2, 0.25) is 5.02 Å². The number of ether oxygens (including phenoxy) is 1. The summed E-state index contributed by atoms with van der Waals surface area (Å²) < 4.78 is 32.5. The van der Waals surface area contributed by atoms with Crippen LogP contribution >= 0.6 is 11.6 Å². The number of para-hydroxylation sites is 1. The van der Waals surface area contributed by atoms with Gasteiger partial charge in [-0.2, -0.15) is 4.98 Å². The minimum absolute atomic E-state index is 0.0286. The molecule has 1 atom stereocenters. The van der Waals surface area contributed by atoms with E-state index in [0.29, 0.717) is 54.3 Å². The standard InChI is InChI=1S/C47H58ClN9O8S/c1-28(2)65-39-24-33(31(6)23-37(39)53-47-51-25-34(48)44(55-47)52-35-12-7-8-14-40(35)66(63,64)29(3)4)32-17-21-56(22-18-32)26-42(60)50-20-10-19-49-36-13-9-11-30(5)43(36)46(62)57(27-58)38-15-16-41(59)54-45(38)61/h7-9,11-14,23-25,27-29,32,38,49H,10,15-22,26H2,1-6H3,(H,50,60)(H,54,59,61)(H2,51,52,53,55). The minimum atomic E-state index is -3.60. The number of nitrogens with zero attached hydrogens (tertiary/aromatic N) is 4. The minimum Gasteiger partial charge on any atom is -0.489 e.